The van der Waals surface area contributed by atoms with Crippen LogP contribution in [0.1, 0.15) is 6.42 Å². The van der Waals surface area contributed by atoms with Crippen molar-refractivity contribution in [2.24, 2.45) is 0 Å². The average Bonchev–Trinajstić information content (AvgIpc) is 2.81. The summed E-state index contributed by atoms with van der Waals surface area (Å²) in [6, 6.07) is 1.36. The molecule has 4 nitrogen and oxygen atoms in total. The summed E-state index contributed by atoms with van der Waals surface area (Å²) in [4.78, 5) is 5.24. The number of rotatable bonds is 3. The normalized spacial score (nSPS) is 44.8. The number of hydrogen-bond acceptors (Lipinski definition) is 4. The Labute approximate surface area is 91.6 Å². The van der Waals surface area contributed by atoms with Crippen molar-refractivity contribution in [3.63, 3.8) is 0 Å². The van der Waals surface area contributed by atoms with Crippen molar-refractivity contribution in [1.29, 1.82) is 0 Å². The van der Waals surface area contributed by atoms with Gasteiger partial charge in [0.2, 0.25) is 0 Å². The van der Waals surface area contributed by atoms with E-state index >= 15 is 0 Å². The van der Waals surface area contributed by atoms with Crippen LogP contribution >= 0.6 is 0 Å². The molecular formula is C11H21N3O. The molecule has 0 aliphatic carbocycles. The number of ether oxygens (including phenoxy) is 1. The van der Waals surface area contributed by atoms with E-state index in [0.717, 1.165) is 25.8 Å². The van der Waals surface area contributed by atoms with Gasteiger partial charge in [-0.3, -0.25) is 9.80 Å². The smallest absolute Gasteiger partial charge is 0.0620 e. The molecule has 0 amide bonds. The molecule has 0 radical (unpaired) electrons. The van der Waals surface area contributed by atoms with Crippen LogP contribution in [0.2, 0.25) is 0 Å². The van der Waals surface area contributed by atoms with E-state index in [1.165, 1.54) is 39.1 Å². The molecule has 0 aromatic carbocycles. The summed E-state index contributed by atoms with van der Waals surface area (Å²) in [5.41, 5.74) is 0. The first kappa shape index (κ1) is 10.0. The standard InChI is InChI=1S/C11H21N3O/c1-6-15-9-10(1)12-7-11-8-13-2-4-14(11)5-3-13/h10-12H,1-9H2. The van der Waals surface area contributed by atoms with Gasteiger partial charge in [-0.05, 0) is 6.42 Å². The Morgan fingerprint density at radius 2 is 2.07 bits per heavy atom. The quantitative estimate of drug-likeness (QED) is 0.672. The van der Waals surface area contributed by atoms with E-state index < -0.39 is 0 Å². The molecule has 86 valence electrons. The Hall–Kier alpha value is -0.160. The van der Waals surface area contributed by atoms with Gasteiger partial charge in [-0.15, -0.1) is 0 Å². The lowest BCUT2D eigenvalue weighted by Crippen LogP contribution is -2.63. The average molecular weight is 211 g/mol. The zero-order valence-electron chi connectivity index (χ0n) is 9.32. The highest BCUT2D eigenvalue weighted by molar-refractivity contribution is 4.90. The van der Waals surface area contributed by atoms with E-state index in [9.17, 15) is 0 Å². The van der Waals surface area contributed by atoms with Crippen molar-refractivity contribution in [3.05, 3.63) is 0 Å². The molecule has 0 spiro atoms. The molecule has 4 saturated heterocycles. The fourth-order valence-electron chi connectivity index (χ4n) is 2.92. The molecule has 0 aromatic heterocycles. The molecule has 4 fully saturated rings. The molecule has 4 rings (SSSR count). The molecule has 1 N–H and O–H groups in total. The maximum absolute atomic E-state index is 5.37. The molecule has 2 atom stereocenters. The van der Waals surface area contributed by atoms with Crippen molar-refractivity contribution in [2.45, 2.75) is 18.5 Å². The minimum atomic E-state index is 0.613. The molecule has 4 heterocycles. The van der Waals surface area contributed by atoms with Gasteiger partial charge in [-0.1, -0.05) is 0 Å². The highest BCUT2D eigenvalue weighted by atomic mass is 16.5. The molecule has 0 saturated carbocycles. The first-order valence-corrected chi connectivity index (χ1v) is 6.19. The lowest BCUT2D eigenvalue weighted by Gasteiger charge is -2.47. The van der Waals surface area contributed by atoms with E-state index in [0.29, 0.717) is 6.04 Å². The topological polar surface area (TPSA) is 27.7 Å². The highest BCUT2D eigenvalue weighted by Crippen LogP contribution is 2.15. The minimum absolute atomic E-state index is 0.613. The predicted octanol–water partition coefficient (Wildman–Crippen LogP) is -0.635. The van der Waals surface area contributed by atoms with E-state index in [1.807, 2.05) is 0 Å². The zero-order valence-corrected chi connectivity index (χ0v) is 9.32. The van der Waals surface area contributed by atoms with Crippen LogP contribution in [-0.2, 0) is 4.74 Å². The van der Waals surface area contributed by atoms with Gasteiger partial charge in [0.25, 0.3) is 0 Å². The minimum Gasteiger partial charge on any atom is -0.380 e. The van der Waals surface area contributed by atoms with Gasteiger partial charge in [0.1, 0.15) is 0 Å². The van der Waals surface area contributed by atoms with Gasteiger partial charge >= 0.3 is 0 Å². The van der Waals surface area contributed by atoms with Crippen LogP contribution in [0.25, 0.3) is 0 Å². The molecule has 4 aliphatic heterocycles. The summed E-state index contributed by atoms with van der Waals surface area (Å²) < 4.78 is 5.37. The number of hydrogen-bond donors (Lipinski definition) is 1. The second-order valence-corrected chi connectivity index (χ2v) is 4.96. The Morgan fingerprint density at radius 3 is 2.67 bits per heavy atom. The Balaban J connectivity index is 1.46. The van der Waals surface area contributed by atoms with Crippen molar-refractivity contribution in [1.82, 2.24) is 15.1 Å². The molecule has 4 heteroatoms. The third kappa shape index (κ3) is 2.18. The van der Waals surface area contributed by atoms with Gasteiger partial charge < -0.3 is 10.1 Å². The van der Waals surface area contributed by atoms with Crippen LogP contribution in [0.4, 0.5) is 0 Å². The first-order valence-electron chi connectivity index (χ1n) is 6.19. The molecular weight excluding hydrogens is 190 g/mol. The van der Waals surface area contributed by atoms with Gasteiger partial charge in [0.05, 0.1) is 6.61 Å². The molecule has 4 aliphatic rings. The molecule has 2 unspecified atom stereocenters. The first-order chi connectivity index (χ1) is 7.42. The Kier molecular flexibility index (Phi) is 2.92. The summed E-state index contributed by atoms with van der Waals surface area (Å²) in [6.07, 6.45) is 1.19. The maximum atomic E-state index is 5.37. The number of piperazine rings is 3. The summed E-state index contributed by atoms with van der Waals surface area (Å²) >= 11 is 0. The van der Waals surface area contributed by atoms with Crippen molar-refractivity contribution in [2.75, 3.05) is 52.5 Å². The third-order valence-electron chi connectivity index (χ3n) is 3.96. The van der Waals surface area contributed by atoms with Gasteiger partial charge in [0, 0.05) is 58.0 Å². The molecule has 15 heavy (non-hydrogen) atoms. The van der Waals surface area contributed by atoms with Crippen molar-refractivity contribution >= 4 is 0 Å². The molecule has 2 bridgehead atoms. The van der Waals surface area contributed by atoms with Crippen LogP contribution < -0.4 is 5.32 Å². The summed E-state index contributed by atoms with van der Waals surface area (Å²) in [5, 5.41) is 3.64. The second kappa shape index (κ2) is 4.37. The summed E-state index contributed by atoms with van der Waals surface area (Å²) in [6.45, 7) is 9.37. The monoisotopic (exact) mass is 211 g/mol. The van der Waals surface area contributed by atoms with Crippen LogP contribution in [-0.4, -0.2) is 74.4 Å². The summed E-state index contributed by atoms with van der Waals surface area (Å²) in [7, 11) is 0. The lowest BCUT2D eigenvalue weighted by molar-refractivity contribution is 0.0126. The van der Waals surface area contributed by atoms with E-state index in [-0.39, 0.29) is 0 Å². The van der Waals surface area contributed by atoms with E-state index in [2.05, 4.69) is 15.1 Å². The highest BCUT2D eigenvalue weighted by Gasteiger charge is 2.31. The fraction of sp³-hybridized carbons (Fsp3) is 1.00. The zero-order chi connectivity index (χ0) is 10.1. The van der Waals surface area contributed by atoms with Gasteiger partial charge in [0.15, 0.2) is 0 Å². The van der Waals surface area contributed by atoms with Crippen molar-refractivity contribution < 1.29 is 4.74 Å². The second-order valence-electron chi connectivity index (χ2n) is 4.96. The van der Waals surface area contributed by atoms with Gasteiger partial charge in [-0.25, -0.2) is 0 Å². The van der Waals surface area contributed by atoms with E-state index in [1.54, 1.807) is 0 Å². The van der Waals surface area contributed by atoms with E-state index in [4.69, 9.17) is 4.74 Å². The number of nitrogens with zero attached hydrogens (tertiary/aromatic N) is 2. The Morgan fingerprint density at radius 1 is 1.20 bits per heavy atom. The maximum Gasteiger partial charge on any atom is 0.0620 e. The largest absolute Gasteiger partial charge is 0.380 e. The third-order valence-corrected chi connectivity index (χ3v) is 3.96. The number of fused-ring (bicyclic) bond motifs is 3. The van der Waals surface area contributed by atoms with Gasteiger partial charge in [-0.2, -0.15) is 0 Å². The van der Waals surface area contributed by atoms with Crippen LogP contribution in [0.5, 0.6) is 0 Å². The predicted molar refractivity (Wildman–Crippen MR) is 59.0 cm³/mol. The van der Waals surface area contributed by atoms with Crippen LogP contribution in [0.3, 0.4) is 0 Å². The van der Waals surface area contributed by atoms with Crippen LogP contribution in [0.15, 0.2) is 0 Å². The fourth-order valence-corrected chi connectivity index (χ4v) is 2.92. The summed E-state index contributed by atoms with van der Waals surface area (Å²) in [5.74, 6) is 0. The number of nitrogens with one attached hydrogen (secondary N) is 1. The lowest BCUT2D eigenvalue weighted by atomic mass is 10.1. The van der Waals surface area contributed by atoms with Crippen molar-refractivity contribution in [3.8, 4) is 0 Å². The Bertz CT molecular complexity index is 210. The van der Waals surface area contributed by atoms with Crippen LogP contribution in [0, 0.1) is 0 Å². The SMILES string of the molecule is C1CC(NCC2CN3CCN2CC3)CO1. The molecule has 0 aromatic rings.